The molecule has 1 heterocycles. The van der Waals surface area contributed by atoms with Crippen molar-refractivity contribution in [3.63, 3.8) is 0 Å². The zero-order valence-corrected chi connectivity index (χ0v) is 17.5. The number of benzene rings is 3. The maximum absolute atomic E-state index is 12.5. The van der Waals surface area contributed by atoms with Crippen LogP contribution in [0.25, 0.3) is 5.69 Å². The molecule has 0 aliphatic heterocycles. The Morgan fingerprint density at radius 2 is 1.52 bits per heavy atom. The molecule has 0 fully saturated rings. The fourth-order valence-electron chi connectivity index (χ4n) is 2.95. The molecule has 0 unspecified atom stereocenters. The van der Waals surface area contributed by atoms with Gasteiger partial charge in [-0.25, -0.2) is 13.4 Å². The number of aromatic nitrogens is 2. The van der Waals surface area contributed by atoms with Crippen LogP contribution in [0.2, 0.25) is 0 Å². The predicted molar refractivity (Wildman–Crippen MR) is 120 cm³/mol. The first-order valence-electron chi connectivity index (χ1n) is 9.50. The molecule has 0 radical (unpaired) electrons. The summed E-state index contributed by atoms with van der Waals surface area (Å²) in [4.78, 5) is 16.7. The van der Waals surface area contributed by atoms with Gasteiger partial charge in [-0.15, -0.1) is 0 Å². The van der Waals surface area contributed by atoms with Crippen LogP contribution >= 0.6 is 0 Å². The van der Waals surface area contributed by atoms with Crippen molar-refractivity contribution in [1.82, 2.24) is 9.55 Å². The minimum absolute atomic E-state index is 0.189. The van der Waals surface area contributed by atoms with Crippen molar-refractivity contribution in [2.24, 2.45) is 0 Å². The SMILES string of the molecule is Cc1ccc(S(=O)(=O)Nc2ccc(NC(=O)c3ccc(-n4ccnc4)cc3)cc2)cc1. The van der Waals surface area contributed by atoms with E-state index < -0.39 is 10.0 Å². The molecule has 0 saturated heterocycles. The Labute approximate surface area is 180 Å². The van der Waals surface area contributed by atoms with Crippen LogP contribution in [-0.4, -0.2) is 23.9 Å². The number of sulfonamides is 1. The van der Waals surface area contributed by atoms with Crippen molar-refractivity contribution in [2.45, 2.75) is 11.8 Å². The quantitative estimate of drug-likeness (QED) is 0.477. The lowest BCUT2D eigenvalue weighted by Crippen LogP contribution is -2.14. The highest BCUT2D eigenvalue weighted by molar-refractivity contribution is 7.92. The second-order valence-corrected chi connectivity index (χ2v) is 8.65. The van der Waals surface area contributed by atoms with E-state index in [0.29, 0.717) is 16.9 Å². The van der Waals surface area contributed by atoms with Crippen LogP contribution in [0.5, 0.6) is 0 Å². The largest absolute Gasteiger partial charge is 0.322 e. The number of rotatable bonds is 6. The number of anilines is 2. The first-order chi connectivity index (χ1) is 14.9. The molecule has 0 aliphatic rings. The Balaban J connectivity index is 1.41. The zero-order chi connectivity index (χ0) is 21.8. The molecule has 0 aliphatic carbocycles. The van der Waals surface area contributed by atoms with Crippen LogP contribution < -0.4 is 10.0 Å². The summed E-state index contributed by atoms with van der Waals surface area (Å²) in [6.45, 7) is 1.89. The molecular formula is C23H20N4O3S. The van der Waals surface area contributed by atoms with Gasteiger partial charge in [0.25, 0.3) is 15.9 Å². The third-order valence-electron chi connectivity index (χ3n) is 4.66. The van der Waals surface area contributed by atoms with Gasteiger partial charge in [-0.05, 0) is 67.6 Å². The number of imidazole rings is 1. The standard InChI is InChI=1S/C23H20N4O3S/c1-17-2-12-22(13-3-17)31(29,30)26-20-8-6-19(7-9-20)25-23(28)18-4-10-21(11-5-18)27-15-14-24-16-27/h2-16,26H,1H3,(H,25,28). The van der Waals surface area contributed by atoms with Gasteiger partial charge in [0.05, 0.1) is 11.2 Å². The molecule has 1 aromatic heterocycles. The Morgan fingerprint density at radius 1 is 0.871 bits per heavy atom. The molecule has 0 bridgehead atoms. The number of carbonyl (C=O) groups excluding carboxylic acids is 1. The summed E-state index contributed by atoms with van der Waals surface area (Å²) in [6, 6.07) is 20.2. The molecule has 1 amide bonds. The number of amides is 1. The highest BCUT2D eigenvalue weighted by Gasteiger charge is 2.14. The van der Waals surface area contributed by atoms with Crippen molar-refractivity contribution in [3.8, 4) is 5.69 Å². The molecule has 2 N–H and O–H groups in total. The lowest BCUT2D eigenvalue weighted by molar-refractivity contribution is 0.102. The van der Waals surface area contributed by atoms with Gasteiger partial charge in [0.1, 0.15) is 0 Å². The van der Waals surface area contributed by atoms with Crippen LogP contribution in [0.15, 0.2) is 96.4 Å². The molecular weight excluding hydrogens is 412 g/mol. The summed E-state index contributed by atoms with van der Waals surface area (Å²) in [5, 5.41) is 2.81. The van der Waals surface area contributed by atoms with Crippen LogP contribution in [0, 0.1) is 6.92 Å². The molecule has 4 rings (SSSR count). The molecule has 3 aromatic carbocycles. The molecule has 0 saturated carbocycles. The van der Waals surface area contributed by atoms with E-state index >= 15 is 0 Å². The average Bonchev–Trinajstić information content (AvgIpc) is 3.30. The Kier molecular flexibility index (Phi) is 5.55. The van der Waals surface area contributed by atoms with E-state index in [4.69, 9.17) is 0 Å². The van der Waals surface area contributed by atoms with E-state index in [1.165, 1.54) is 0 Å². The van der Waals surface area contributed by atoms with Crippen molar-refractivity contribution >= 4 is 27.3 Å². The van der Waals surface area contributed by atoms with E-state index in [0.717, 1.165) is 11.3 Å². The lowest BCUT2D eigenvalue weighted by atomic mass is 10.2. The van der Waals surface area contributed by atoms with E-state index in [-0.39, 0.29) is 10.8 Å². The average molecular weight is 433 g/mol. The van der Waals surface area contributed by atoms with E-state index in [1.807, 2.05) is 29.8 Å². The van der Waals surface area contributed by atoms with Crippen LogP contribution in [0.1, 0.15) is 15.9 Å². The lowest BCUT2D eigenvalue weighted by Gasteiger charge is -2.10. The summed E-state index contributed by atoms with van der Waals surface area (Å²) in [5.74, 6) is -0.259. The fourth-order valence-corrected chi connectivity index (χ4v) is 4.01. The van der Waals surface area contributed by atoms with Crippen molar-refractivity contribution in [3.05, 3.63) is 103 Å². The first-order valence-corrected chi connectivity index (χ1v) is 11.0. The molecule has 8 heteroatoms. The Hall–Kier alpha value is -3.91. The second kappa shape index (κ2) is 8.45. The monoisotopic (exact) mass is 432 g/mol. The molecule has 31 heavy (non-hydrogen) atoms. The van der Waals surface area contributed by atoms with E-state index in [1.54, 1.807) is 73.2 Å². The molecule has 0 atom stereocenters. The number of aryl methyl sites for hydroxylation is 1. The second-order valence-electron chi connectivity index (χ2n) is 6.97. The normalized spacial score (nSPS) is 11.1. The maximum atomic E-state index is 12.5. The van der Waals surface area contributed by atoms with E-state index in [9.17, 15) is 13.2 Å². The summed E-state index contributed by atoms with van der Waals surface area (Å²) in [6.07, 6.45) is 5.19. The summed E-state index contributed by atoms with van der Waals surface area (Å²) >= 11 is 0. The minimum Gasteiger partial charge on any atom is -0.322 e. The number of nitrogens with one attached hydrogen (secondary N) is 2. The number of nitrogens with zero attached hydrogens (tertiary/aromatic N) is 2. The van der Waals surface area contributed by atoms with Gasteiger partial charge in [-0.2, -0.15) is 0 Å². The fraction of sp³-hybridized carbons (Fsp3) is 0.0435. The number of hydrogen-bond acceptors (Lipinski definition) is 4. The first kappa shape index (κ1) is 20.4. The van der Waals surface area contributed by atoms with Gasteiger partial charge >= 0.3 is 0 Å². The minimum atomic E-state index is -3.68. The van der Waals surface area contributed by atoms with Gasteiger partial charge in [0.15, 0.2) is 0 Å². The smallest absolute Gasteiger partial charge is 0.261 e. The summed E-state index contributed by atoms with van der Waals surface area (Å²) in [7, 11) is -3.68. The van der Waals surface area contributed by atoms with Crippen LogP contribution in [0.4, 0.5) is 11.4 Å². The topological polar surface area (TPSA) is 93.1 Å². The van der Waals surface area contributed by atoms with Crippen molar-refractivity contribution in [1.29, 1.82) is 0 Å². The maximum Gasteiger partial charge on any atom is 0.261 e. The predicted octanol–water partition coefficient (Wildman–Crippen LogP) is 4.23. The molecule has 0 spiro atoms. The number of hydrogen-bond donors (Lipinski definition) is 2. The van der Waals surface area contributed by atoms with E-state index in [2.05, 4.69) is 15.0 Å². The summed E-state index contributed by atoms with van der Waals surface area (Å²) in [5.41, 5.74) is 3.35. The van der Waals surface area contributed by atoms with Gasteiger partial charge in [-0.1, -0.05) is 17.7 Å². The van der Waals surface area contributed by atoms with Crippen LogP contribution in [0.3, 0.4) is 0 Å². The third-order valence-corrected chi connectivity index (χ3v) is 6.06. The molecule has 4 aromatic rings. The zero-order valence-electron chi connectivity index (χ0n) is 16.7. The van der Waals surface area contributed by atoms with Crippen molar-refractivity contribution in [2.75, 3.05) is 10.0 Å². The Bertz CT molecular complexity index is 1280. The number of carbonyl (C=O) groups is 1. The highest BCUT2D eigenvalue weighted by Crippen LogP contribution is 2.19. The summed E-state index contributed by atoms with van der Waals surface area (Å²) < 4.78 is 29.4. The molecule has 7 nitrogen and oxygen atoms in total. The van der Waals surface area contributed by atoms with Gasteiger partial charge in [0, 0.05) is 35.0 Å². The van der Waals surface area contributed by atoms with Gasteiger partial charge < -0.3 is 9.88 Å². The van der Waals surface area contributed by atoms with Crippen molar-refractivity contribution < 1.29 is 13.2 Å². The third kappa shape index (κ3) is 4.81. The van der Waals surface area contributed by atoms with Gasteiger partial charge in [-0.3, -0.25) is 9.52 Å². The van der Waals surface area contributed by atoms with Crippen LogP contribution in [-0.2, 0) is 10.0 Å². The highest BCUT2D eigenvalue weighted by atomic mass is 32.2. The van der Waals surface area contributed by atoms with Gasteiger partial charge in [0.2, 0.25) is 0 Å². The molecule has 156 valence electrons. The Morgan fingerprint density at radius 3 is 2.13 bits per heavy atom.